The molecule has 2 N–H and O–H groups in total. The van der Waals surface area contributed by atoms with E-state index < -0.39 is 0 Å². The van der Waals surface area contributed by atoms with Gasteiger partial charge in [-0.05, 0) is 31.5 Å². The molecule has 0 radical (unpaired) electrons. The topological polar surface area (TPSA) is 58.4 Å². The minimum absolute atomic E-state index is 0.0371. The molecule has 1 atom stereocenters. The molecule has 0 bridgehead atoms. The molecule has 1 saturated heterocycles. The summed E-state index contributed by atoms with van der Waals surface area (Å²) >= 11 is 0. The first-order chi connectivity index (χ1) is 8.84. The number of rotatable bonds is 2. The first kappa shape index (κ1) is 11.2. The Hall–Kier alpha value is -1.88. The molecule has 5 nitrogen and oxygen atoms in total. The van der Waals surface area contributed by atoms with Crippen LogP contribution in [0.5, 0.6) is 0 Å². The predicted octanol–water partition coefficient (Wildman–Crippen LogP) is 0.816. The van der Waals surface area contributed by atoms with Crippen LogP contribution in [0.25, 0.3) is 5.52 Å². The molecule has 3 heterocycles. The number of nitrogens with zero attached hydrogens (tertiary/aromatic N) is 2. The zero-order chi connectivity index (χ0) is 12.4. The van der Waals surface area contributed by atoms with E-state index >= 15 is 0 Å². The van der Waals surface area contributed by atoms with Crippen molar-refractivity contribution in [2.24, 2.45) is 0 Å². The molecule has 2 aromatic rings. The summed E-state index contributed by atoms with van der Waals surface area (Å²) < 4.78 is 1.72. The molecular weight excluding hydrogens is 228 g/mol. The molecule has 2 aromatic heterocycles. The van der Waals surface area contributed by atoms with Gasteiger partial charge in [-0.2, -0.15) is 5.10 Å². The molecule has 5 heteroatoms. The van der Waals surface area contributed by atoms with Crippen LogP contribution in [0.3, 0.4) is 0 Å². The smallest absolute Gasteiger partial charge is 0.255 e. The number of aromatic nitrogens is 2. The van der Waals surface area contributed by atoms with Crippen molar-refractivity contribution in [2.75, 3.05) is 13.1 Å². The van der Waals surface area contributed by atoms with Gasteiger partial charge in [-0.15, -0.1) is 0 Å². The molecule has 18 heavy (non-hydrogen) atoms. The average Bonchev–Trinajstić information content (AvgIpc) is 2.84. The Labute approximate surface area is 105 Å². The van der Waals surface area contributed by atoms with Crippen LogP contribution in [0, 0.1) is 0 Å². The summed E-state index contributed by atoms with van der Waals surface area (Å²) in [4.78, 5) is 12.2. The van der Waals surface area contributed by atoms with E-state index in [9.17, 15) is 4.79 Å². The lowest BCUT2D eigenvalue weighted by atomic mass is 10.1. The van der Waals surface area contributed by atoms with Crippen LogP contribution < -0.4 is 10.6 Å². The second-order valence-electron chi connectivity index (χ2n) is 4.61. The highest BCUT2D eigenvalue weighted by molar-refractivity contribution is 6.00. The Morgan fingerprint density at radius 1 is 1.50 bits per heavy atom. The third-order valence-electron chi connectivity index (χ3n) is 3.30. The number of nitrogens with one attached hydrogen (secondary N) is 2. The van der Waals surface area contributed by atoms with E-state index in [0.717, 1.165) is 31.4 Å². The van der Waals surface area contributed by atoms with E-state index in [1.807, 2.05) is 24.4 Å². The van der Waals surface area contributed by atoms with E-state index in [1.165, 1.54) is 0 Å². The summed E-state index contributed by atoms with van der Waals surface area (Å²) in [5, 5.41) is 10.5. The van der Waals surface area contributed by atoms with Gasteiger partial charge < -0.3 is 10.6 Å². The third-order valence-corrected chi connectivity index (χ3v) is 3.30. The lowest BCUT2D eigenvalue weighted by Gasteiger charge is -2.23. The van der Waals surface area contributed by atoms with Crippen LogP contribution in [0.1, 0.15) is 23.2 Å². The first-order valence-corrected chi connectivity index (χ1v) is 6.28. The van der Waals surface area contributed by atoms with E-state index in [2.05, 4.69) is 15.7 Å². The summed E-state index contributed by atoms with van der Waals surface area (Å²) in [7, 11) is 0. The normalized spacial score (nSPS) is 19.9. The molecule has 1 aliphatic heterocycles. The monoisotopic (exact) mass is 244 g/mol. The lowest BCUT2D eigenvalue weighted by molar-refractivity contribution is 0.0932. The standard InChI is InChI=1S/C13H16N4O/c18-13(16-10-4-3-6-14-8-10)11-9-15-17-7-2-1-5-12(11)17/h1-2,5,7,9-10,14H,3-4,6,8H2,(H,16,18). The maximum atomic E-state index is 12.2. The third kappa shape index (κ3) is 2.09. The van der Waals surface area contributed by atoms with E-state index in [1.54, 1.807) is 10.7 Å². The number of carbonyl (C=O) groups is 1. The van der Waals surface area contributed by atoms with Crippen LogP contribution in [0.4, 0.5) is 0 Å². The Bertz CT molecular complexity index is 557. The average molecular weight is 244 g/mol. The second kappa shape index (κ2) is 4.78. The molecule has 0 aromatic carbocycles. The van der Waals surface area contributed by atoms with Gasteiger partial charge >= 0.3 is 0 Å². The Morgan fingerprint density at radius 3 is 3.28 bits per heavy atom. The first-order valence-electron chi connectivity index (χ1n) is 6.28. The van der Waals surface area contributed by atoms with Crippen LogP contribution in [0.2, 0.25) is 0 Å². The highest BCUT2D eigenvalue weighted by atomic mass is 16.1. The predicted molar refractivity (Wildman–Crippen MR) is 68.5 cm³/mol. The van der Waals surface area contributed by atoms with Gasteiger partial charge in [-0.3, -0.25) is 4.79 Å². The summed E-state index contributed by atoms with van der Waals surface area (Å²) in [6, 6.07) is 5.94. The number of hydrogen-bond acceptors (Lipinski definition) is 3. The molecule has 1 amide bonds. The van der Waals surface area contributed by atoms with Crippen molar-refractivity contribution >= 4 is 11.4 Å². The second-order valence-corrected chi connectivity index (χ2v) is 4.61. The maximum absolute atomic E-state index is 12.2. The fourth-order valence-corrected chi connectivity index (χ4v) is 2.35. The summed E-state index contributed by atoms with van der Waals surface area (Å²) in [6.07, 6.45) is 5.62. The number of fused-ring (bicyclic) bond motifs is 1. The molecule has 3 rings (SSSR count). The fraction of sp³-hybridized carbons (Fsp3) is 0.385. The van der Waals surface area contributed by atoms with Gasteiger partial charge in [0, 0.05) is 18.8 Å². The maximum Gasteiger partial charge on any atom is 0.255 e. The molecule has 1 aliphatic rings. The van der Waals surface area contributed by atoms with Gasteiger partial charge in [-0.25, -0.2) is 4.52 Å². The quantitative estimate of drug-likeness (QED) is 0.822. The van der Waals surface area contributed by atoms with Crippen molar-refractivity contribution in [1.82, 2.24) is 20.2 Å². The largest absolute Gasteiger partial charge is 0.348 e. The van der Waals surface area contributed by atoms with Crippen LogP contribution in [-0.2, 0) is 0 Å². The highest BCUT2D eigenvalue weighted by Gasteiger charge is 2.18. The van der Waals surface area contributed by atoms with E-state index in [-0.39, 0.29) is 11.9 Å². The van der Waals surface area contributed by atoms with Gasteiger partial charge in [-0.1, -0.05) is 6.07 Å². The van der Waals surface area contributed by atoms with Gasteiger partial charge in [0.2, 0.25) is 0 Å². The van der Waals surface area contributed by atoms with Gasteiger partial charge in [0.25, 0.3) is 5.91 Å². The molecular formula is C13H16N4O. The zero-order valence-electron chi connectivity index (χ0n) is 10.1. The van der Waals surface area contributed by atoms with Crippen molar-refractivity contribution in [3.05, 3.63) is 36.2 Å². The van der Waals surface area contributed by atoms with Gasteiger partial charge in [0.05, 0.1) is 17.3 Å². The molecule has 1 unspecified atom stereocenters. The van der Waals surface area contributed by atoms with Crippen molar-refractivity contribution in [2.45, 2.75) is 18.9 Å². The van der Waals surface area contributed by atoms with Crippen LogP contribution in [0.15, 0.2) is 30.6 Å². The molecule has 94 valence electrons. The van der Waals surface area contributed by atoms with E-state index in [0.29, 0.717) is 5.56 Å². The summed E-state index contributed by atoms with van der Waals surface area (Å²) in [6.45, 7) is 1.90. The van der Waals surface area contributed by atoms with Crippen molar-refractivity contribution in [3.63, 3.8) is 0 Å². The number of carbonyl (C=O) groups excluding carboxylic acids is 1. The zero-order valence-corrected chi connectivity index (χ0v) is 10.1. The number of pyridine rings is 1. The molecule has 0 saturated carbocycles. The van der Waals surface area contributed by atoms with Crippen LogP contribution in [-0.4, -0.2) is 34.7 Å². The lowest BCUT2D eigenvalue weighted by Crippen LogP contribution is -2.45. The SMILES string of the molecule is O=C(NC1CCCNC1)c1cnn2ccccc12. The van der Waals surface area contributed by atoms with Gasteiger partial charge in [0.1, 0.15) is 0 Å². The molecule has 0 spiro atoms. The Kier molecular flexibility index (Phi) is 2.98. The molecule has 0 aliphatic carbocycles. The van der Waals surface area contributed by atoms with Crippen molar-refractivity contribution < 1.29 is 4.79 Å². The minimum atomic E-state index is -0.0371. The highest BCUT2D eigenvalue weighted by Crippen LogP contribution is 2.11. The summed E-state index contributed by atoms with van der Waals surface area (Å²) in [5.41, 5.74) is 1.49. The van der Waals surface area contributed by atoms with Crippen LogP contribution >= 0.6 is 0 Å². The number of amides is 1. The van der Waals surface area contributed by atoms with Gasteiger partial charge in [0.15, 0.2) is 0 Å². The van der Waals surface area contributed by atoms with Crippen molar-refractivity contribution in [3.8, 4) is 0 Å². The molecule has 1 fully saturated rings. The Balaban J connectivity index is 1.79. The minimum Gasteiger partial charge on any atom is -0.348 e. The number of piperidine rings is 1. The Morgan fingerprint density at radius 2 is 2.44 bits per heavy atom. The fourth-order valence-electron chi connectivity index (χ4n) is 2.35. The van der Waals surface area contributed by atoms with E-state index in [4.69, 9.17) is 0 Å². The number of hydrogen-bond donors (Lipinski definition) is 2. The summed E-state index contributed by atoms with van der Waals surface area (Å²) in [5.74, 6) is -0.0371. The van der Waals surface area contributed by atoms with Crippen molar-refractivity contribution in [1.29, 1.82) is 0 Å².